The quantitative estimate of drug-likeness (QED) is 0.621. The number of para-hydroxylation sites is 1. The number of ether oxygens (including phenoxy) is 2. The first-order valence-electron chi connectivity index (χ1n) is 10.3. The molecule has 2 aliphatic rings. The fraction of sp³-hybridized carbons (Fsp3) is 0.435. The molecule has 0 radical (unpaired) electrons. The summed E-state index contributed by atoms with van der Waals surface area (Å²) in [7, 11) is 3.67. The number of thioether (sulfide) groups is 1. The Balaban J connectivity index is 1.53. The molecule has 0 N–H and O–H groups in total. The molecule has 4 rings (SSSR count). The number of anilines is 1. The number of rotatable bonds is 7. The molecule has 1 aromatic carbocycles. The highest BCUT2D eigenvalue weighted by molar-refractivity contribution is 7.99. The average molecular weight is 429 g/mol. The number of fused-ring (bicyclic) bond motifs is 1. The van der Waals surface area contributed by atoms with E-state index in [1.807, 2.05) is 49.2 Å². The summed E-state index contributed by atoms with van der Waals surface area (Å²) in [5, 5.41) is 0.910. The van der Waals surface area contributed by atoms with Crippen LogP contribution in [0.4, 0.5) is 5.69 Å². The number of hydrogen-bond donors (Lipinski definition) is 0. The summed E-state index contributed by atoms with van der Waals surface area (Å²) in [6.45, 7) is 3.80. The van der Waals surface area contributed by atoms with Crippen LogP contribution in [0.15, 0.2) is 62.8 Å². The molecule has 2 heterocycles. The fourth-order valence-corrected chi connectivity index (χ4v) is 4.87. The van der Waals surface area contributed by atoms with E-state index in [4.69, 9.17) is 13.9 Å². The maximum atomic E-state index is 12.1. The zero-order chi connectivity index (χ0) is 20.9. The molecule has 0 atom stereocenters. The Morgan fingerprint density at radius 2 is 2.00 bits per heavy atom. The van der Waals surface area contributed by atoms with Crippen LogP contribution in [-0.2, 0) is 9.47 Å². The van der Waals surface area contributed by atoms with Gasteiger partial charge in [-0.2, -0.15) is 11.8 Å². The first-order chi connectivity index (χ1) is 14.7. The number of allylic oxidation sites excluding steroid dienone is 3. The van der Waals surface area contributed by atoms with Gasteiger partial charge in [-0.3, -0.25) is 4.90 Å². The van der Waals surface area contributed by atoms with Gasteiger partial charge in [-0.1, -0.05) is 12.1 Å². The Labute approximate surface area is 181 Å². The van der Waals surface area contributed by atoms with Gasteiger partial charge in [0, 0.05) is 67.8 Å². The van der Waals surface area contributed by atoms with Crippen LogP contribution in [-0.4, -0.2) is 56.8 Å². The molecule has 30 heavy (non-hydrogen) atoms. The van der Waals surface area contributed by atoms with Crippen molar-refractivity contribution in [2.75, 3.05) is 56.8 Å². The Morgan fingerprint density at radius 3 is 2.80 bits per heavy atom. The van der Waals surface area contributed by atoms with Gasteiger partial charge < -0.3 is 18.8 Å². The minimum absolute atomic E-state index is 0.351. The first-order valence-corrected chi connectivity index (χ1v) is 11.5. The number of hydrogen-bond acceptors (Lipinski definition) is 7. The lowest BCUT2D eigenvalue weighted by Crippen LogP contribution is -2.35. The van der Waals surface area contributed by atoms with Crippen molar-refractivity contribution < 1.29 is 13.9 Å². The zero-order valence-electron chi connectivity index (χ0n) is 17.6. The lowest BCUT2D eigenvalue weighted by molar-refractivity contribution is 0.148. The number of methoxy groups -OCH3 is 1. The van der Waals surface area contributed by atoms with Crippen LogP contribution in [0.3, 0.4) is 0 Å². The van der Waals surface area contributed by atoms with Gasteiger partial charge in [0.15, 0.2) is 5.76 Å². The van der Waals surface area contributed by atoms with Crippen molar-refractivity contribution in [3.05, 3.63) is 64.0 Å². The molecule has 1 aliphatic heterocycles. The van der Waals surface area contributed by atoms with Crippen molar-refractivity contribution in [2.24, 2.45) is 0 Å². The van der Waals surface area contributed by atoms with E-state index in [1.54, 1.807) is 13.2 Å². The monoisotopic (exact) mass is 428 g/mol. The van der Waals surface area contributed by atoms with Gasteiger partial charge in [0.05, 0.1) is 12.8 Å². The van der Waals surface area contributed by atoms with E-state index in [9.17, 15) is 4.79 Å². The van der Waals surface area contributed by atoms with E-state index >= 15 is 0 Å². The summed E-state index contributed by atoms with van der Waals surface area (Å²) >= 11 is 2.01. The minimum Gasteiger partial charge on any atom is -0.497 e. The second-order valence-electron chi connectivity index (χ2n) is 7.44. The molecule has 6 nitrogen and oxygen atoms in total. The van der Waals surface area contributed by atoms with Gasteiger partial charge >= 0.3 is 5.63 Å². The predicted octanol–water partition coefficient (Wildman–Crippen LogP) is 3.83. The summed E-state index contributed by atoms with van der Waals surface area (Å²) in [4.78, 5) is 16.6. The molecule has 1 aromatic heterocycles. The van der Waals surface area contributed by atoms with Gasteiger partial charge in [0.1, 0.15) is 17.9 Å². The average Bonchev–Trinajstić information content (AvgIpc) is 2.78. The van der Waals surface area contributed by atoms with Crippen molar-refractivity contribution in [3.8, 4) is 0 Å². The van der Waals surface area contributed by atoms with Gasteiger partial charge in [-0.15, -0.1) is 0 Å². The summed E-state index contributed by atoms with van der Waals surface area (Å²) in [6.07, 6.45) is 3.62. The van der Waals surface area contributed by atoms with E-state index in [-0.39, 0.29) is 5.63 Å². The largest absolute Gasteiger partial charge is 0.497 e. The molecule has 0 bridgehead atoms. The molecular weight excluding hydrogens is 400 g/mol. The molecule has 0 spiro atoms. The molecule has 2 aromatic rings. The molecule has 7 heteroatoms. The van der Waals surface area contributed by atoms with Crippen molar-refractivity contribution in [2.45, 2.75) is 12.8 Å². The van der Waals surface area contributed by atoms with Crippen LogP contribution in [0.1, 0.15) is 12.8 Å². The molecular formula is C23H28N2O4S. The van der Waals surface area contributed by atoms with Crippen LogP contribution in [0, 0.1) is 0 Å². The standard InChI is InChI=1S/C23H28N2O4S/c1-24(19-16-23(26)29-20-6-4-3-5-18(19)20)17-7-8-21(27-2)22(15-17)28-12-9-25-10-13-30-14-11-25/h3-6,15-16H,7-14H2,1-2H3. The third kappa shape index (κ3) is 4.68. The normalized spacial score (nSPS) is 17.7. The Bertz CT molecular complexity index is 1010. The second-order valence-corrected chi connectivity index (χ2v) is 8.66. The zero-order valence-corrected chi connectivity index (χ0v) is 18.4. The Hall–Kier alpha value is -2.38. The van der Waals surface area contributed by atoms with E-state index in [0.717, 1.165) is 60.8 Å². The lowest BCUT2D eigenvalue weighted by atomic mass is 10.1. The third-order valence-electron chi connectivity index (χ3n) is 5.62. The molecule has 0 unspecified atom stereocenters. The van der Waals surface area contributed by atoms with Crippen molar-refractivity contribution in [1.29, 1.82) is 0 Å². The highest BCUT2D eigenvalue weighted by atomic mass is 32.2. The first kappa shape index (κ1) is 20.9. The SMILES string of the molecule is COC1=C(OCCN2CCSCC2)C=C(N(C)c2cc(=O)oc3ccccc23)CC1. The molecule has 1 saturated heterocycles. The summed E-state index contributed by atoms with van der Waals surface area (Å²) in [5.74, 6) is 4.04. The summed E-state index contributed by atoms with van der Waals surface area (Å²) < 4.78 is 17.1. The topological polar surface area (TPSA) is 55.2 Å². The molecule has 160 valence electrons. The Morgan fingerprint density at radius 1 is 1.20 bits per heavy atom. The van der Waals surface area contributed by atoms with E-state index < -0.39 is 0 Å². The highest BCUT2D eigenvalue weighted by Gasteiger charge is 2.21. The predicted molar refractivity (Wildman–Crippen MR) is 122 cm³/mol. The van der Waals surface area contributed by atoms with Gasteiger partial charge in [-0.05, 0) is 18.6 Å². The van der Waals surface area contributed by atoms with Crippen molar-refractivity contribution in [1.82, 2.24) is 4.90 Å². The number of nitrogens with zero attached hydrogens (tertiary/aromatic N) is 2. The third-order valence-corrected chi connectivity index (χ3v) is 6.56. The van der Waals surface area contributed by atoms with E-state index in [0.29, 0.717) is 12.2 Å². The highest BCUT2D eigenvalue weighted by Crippen LogP contribution is 2.32. The van der Waals surface area contributed by atoms with Gasteiger partial charge in [0.2, 0.25) is 0 Å². The lowest BCUT2D eigenvalue weighted by Gasteiger charge is -2.29. The maximum Gasteiger partial charge on any atom is 0.338 e. The van der Waals surface area contributed by atoms with Crippen LogP contribution < -0.4 is 10.5 Å². The van der Waals surface area contributed by atoms with Gasteiger partial charge in [-0.25, -0.2) is 4.79 Å². The van der Waals surface area contributed by atoms with Crippen LogP contribution in [0.2, 0.25) is 0 Å². The second kappa shape index (κ2) is 9.62. The van der Waals surface area contributed by atoms with Gasteiger partial charge in [0.25, 0.3) is 0 Å². The van der Waals surface area contributed by atoms with Crippen LogP contribution >= 0.6 is 11.8 Å². The van der Waals surface area contributed by atoms with Crippen LogP contribution in [0.25, 0.3) is 11.0 Å². The minimum atomic E-state index is -0.351. The summed E-state index contributed by atoms with van der Waals surface area (Å²) in [5.41, 5.74) is 2.15. The molecule has 1 aliphatic carbocycles. The molecule has 0 saturated carbocycles. The van der Waals surface area contributed by atoms with E-state index in [2.05, 4.69) is 9.80 Å². The maximum absolute atomic E-state index is 12.1. The summed E-state index contributed by atoms with van der Waals surface area (Å²) in [6, 6.07) is 9.16. The van der Waals surface area contributed by atoms with Crippen LogP contribution in [0.5, 0.6) is 0 Å². The number of benzene rings is 1. The molecule has 0 amide bonds. The van der Waals surface area contributed by atoms with E-state index in [1.165, 1.54) is 11.5 Å². The molecule has 1 fully saturated rings. The Kier molecular flexibility index (Phi) is 6.69. The van der Waals surface area contributed by atoms with Crippen molar-refractivity contribution in [3.63, 3.8) is 0 Å². The fourth-order valence-electron chi connectivity index (χ4n) is 3.89. The van der Waals surface area contributed by atoms with Crippen molar-refractivity contribution >= 4 is 28.4 Å². The smallest absolute Gasteiger partial charge is 0.338 e.